The molecule has 2 N–H and O–H groups in total. The Labute approximate surface area is 120 Å². The van der Waals surface area contributed by atoms with Gasteiger partial charge in [-0.1, -0.05) is 23.7 Å². The van der Waals surface area contributed by atoms with Gasteiger partial charge >= 0.3 is 0 Å². The SMILES string of the molecule is CN(Cc1cccc(Cl)c1)CC1(CN)CCCOC1. The van der Waals surface area contributed by atoms with Crippen LogP contribution in [0.15, 0.2) is 24.3 Å². The third-order valence-corrected chi connectivity index (χ3v) is 4.02. The molecule has 1 aliphatic rings. The van der Waals surface area contributed by atoms with Gasteiger partial charge < -0.3 is 15.4 Å². The van der Waals surface area contributed by atoms with Gasteiger partial charge in [-0.25, -0.2) is 0 Å². The Morgan fingerprint density at radius 3 is 2.95 bits per heavy atom. The summed E-state index contributed by atoms with van der Waals surface area (Å²) in [5, 5.41) is 0.792. The smallest absolute Gasteiger partial charge is 0.0546 e. The monoisotopic (exact) mass is 282 g/mol. The third kappa shape index (κ3) is 4.18. The molecule has 0 aromatic heterocycles. The Bertz CT molecular complexity index is 405. The van der Waals surface area contributed by atoms with E-state index < -0.39 is 0 Å². The van der Waals surface area contributed by atoms with Crippen LogP contribution in [0.2, 0.25) is 5.02 Å². The molecule has 106 valence electrons. The van der Waals surface area contributed by atoms with Crippen molar-refractivity contribution in [1.82, 2.24) is 4.90 Å². The van der Waals surface area contributed by atoms with Gasteiger partial charge in [-0.3, -0.25) is 0 Å². The third-order valence-electron chi connectivity index (χ3n) is 3.78. The topological polar surface area (TPSA) is 38.5 Å². The molecule has 1 aromatic carbocycles. The van der Waals surface area contributed by atoms with E-state index in [4.69, 9.17) is 22.1 Å². The second kappa shape index (κ2) is 6.71. The molecule has 1 aliphatic heterocycles. The molecule has 0 bridgehead atoms. The Kier molecular flexibility index (Phi) is 5.22. The van der Waals surface area contributed by atoms with Crippen LogP contribution < -0.4 is 5.73 Å². The van der Waals surface area contributed by atoms with Crippen LogP contribution in [-0.4, -0.2) is 38.3 Å². The van der Waals surface area contributed by atoms with Gasteiger partial charge in [-0.15, -0.1) is 0 Å². The fourth-order valence-electron chi connectivity index (χ4n) is 2.84. The standard InChI is InChI=1S/C15H23ClN2O/c1-18(9-13-4-2-5-14(16)8-13)11-15(10-17)6-3-7-19-12-15/h2,4-5,8H,3,6-7,9-12,17H2,1H3. The Balaban J connectivity index is 1.94. The Hall–Kier alpha value is -0.610. The molecule has 1 atom stereocenters. The highest BCUT2D eigenvalue weighted by Gasteiger charge is 2.32. The molecule has 19 heavy (non-hydrogen) atoms. The normalized spacial score (nSPS) is 23.8. The molecule has 0 aliphatic carbocycles. The summed E-state index contributed by atoms with van der Waals surface area (Å²) in [7, 11) is 2.13. The van der Waals surface area contributed by atoms with Gasteiger partial charge in [0.05, 0.1) is 6.61 Å². The van der Waals surface area contributed by atoms with Crippen LogP contribution in [0, 0.1) is 5.41 Å². The van der Waals surface area contributed by atoms with Crippen LogP contribution in [-0.2, 0) is 11.3 Å². The lowest BCUT2D eigenvalue weighted by molar-refractivity contribution is -0.0192. The van der Waals surface area contributed by atoms with Gasteiger partial charge in [0.1, 0.15) is 0 Å². The van der Waals surface area contributed by atoms with E-state index in [-0.39, 0.29) is 5.41 Å². The van der Waals surface area contributed by atoms with E-state index in [1.807, 2.05) is 18.2 Å². The summed E-state index contributed by atoms with van der Waals surface area (Å²) in [6, 6.07) is 8.02. The summed E-state index contributed by atoms with van der Waals surface area (Å²) in [6.07, 6.45) is 2.27. The minimum Gasteiger partial charge on any atom is -0.381 e. The number of nitrogens with two attached hydrogens (primary N) is 1. The van der Waals surface area contributed by atoms with Crippen molar-refractivity contribution in [2.24, 2.45) is 11.1 Å². The van der Waals surface area contributed by atoms with Crippen LogP contribution in [0.25, 0.3) is 0 Å². The molecule has 1 saturated heterocycles. The van der Waals surface area contributed by atoms with Gasteiger partial charge in [0.15, 0.2) is 0 Å². The molecule has 4 heteroatoms. The fourth-order valence-corrected chi connectivity index (χ4v) is 3.05. The second-order valence-corrected chi connectivity index (χ2v) is 6.10. The van der Waals surface area contributed by atoms with Gasteiger partial charge in [0.2, 0.25) is 0 Å². The molecule has 0 spiro atoms. The van der Waals surface area contributed by atoms with E-state index in [2.05, 4.69) is 18.0 Å². The van der Waals surface area contributed by atoms with E-state index in [1.165, 1.54) is 5.56 Å². The van der Waals surface area contributed by atoms with Gasteiger partial charge in [-0.05, 0) is 37.6 Å². The first-order valence-electron chi connectivity index (χ1n) is 6.84. The first kappa shape index (κ1) is 14.8. The van der Waals surface area contributed by atoms with Gasteiger partial charge in [0.25, 0.3) is 0 Å². The number of ether oxygens (including phenoxy) is 1. The average Bonchev–Trinajstić information content (AvgIpc) is 2.39. The van der Waals surface area contributed by atoms with Crippen LogP contribution in [0.1, 0.15) is 18.4 Å². The zero-order chi connectivity index (χ0) is 13.7. The zero-order valence-corrected chi connectivity index (χ0v) is 12.3. The maximum atomic E-state index is 6.02. The largest absolute Gasteiger partial charge is 0.381 e. The van der Waals surface area contributed by atoms with Crippen LogP contribution >= 0.6 is 11.6 Å². The van der Waals surface area contributed by atoms with Gasteiger partial charge in [-0.2, -0.15) is 0 Å². The molecule has 0 amide bonds. The first-order valence-corrected chi connectivity index (χ1v) is 7.22. The number of nitrogens with zero attached hydrogens (tertiary/aromatic N) is 1. The quantitative estimate of drug-likeness (QED) is 0.902. The van der Waals surface area contributed by atoms with Crippen LogP contribution in [0.3, 0.4) is 0 Å². The number of hydrogen-bond acceptors (Lipinski definition) is 3. The predicted molar refractivity (Wildman–Crippen MR) is 79.3 cm³/mol. The fraction of sp³-hybridized carbons (Fsp3) is 0.600. The molecule has 1 heterocycles. The van der Waals surface area contributed by atoms with Crippen LogP contribution in [0.5, 0.6) is 0 Å². The van der Waals surface area contributed by atoms with E-state index >= 15 is 0 Å². The molecule has 1 unspecified atom stereocenters. The van der Waals surface area contributed by atoms with E-state index in [0.717, 1.165) is 44.2 Å². The van der Waals surface area contributed by atoms with Gasteiger partial charge in [0, 0.05) is 36.7 Å². The van der Waals surface area contributed by atoms with Crippen molar-refractivity contribution in [1.29, 1.82) is 0 Å². The highest BCUT2D eigenvalue weighted by molar-refractivity contribution is 6.30. The lowest BCUT2D eigenvalue weighted by Gasteiger charge is -2.39. The zero-order valence-electron chi connectivity index (χ0n) is 11.6. The summed E-state index contributed by atoms with van der Waals surface area (Å²) in [4.78, 5) is 2.31. The van der Waals surface area contributed by atoms with Crippen molar-refractivity contribution < 1.29 is 4.74 Å². The van der Waals surface area contributed by atoms with Crippen molar-refractivity contribution in [2.45, 2.75) is 19.4 Å². The van der Waals surface area contributed by atoms with Crippen molar-refractivity contribution in [3.8, 4) is 0 Å². The number of halogens is 1. The second-order valence-electron chi connectivity index (χ2n) is 5.66. The molecule has 1 aromatic rings. The summed E-state index contributed by atoms with van der Waals surface area (Å²) in [6.45, 7) is 4.20. The van der Waals surface area contributed by atoms with E-state index in [1.54, 1.807) is 0 Å². The first-order chi connectivity index (χ1) is 9.13. The number of hydrogen-bond donors (Lipinski definition) is 1. The average molecular weight is 283 g/mol. The maximum Gasteiger partial charge on any atom is 0.0546 e. The van der Waals surface area contributed by atoms with Crippen LogP contribution in [0.4, 0.5) is 0 Å². The molecule has 3 nitrogen and oxygen atoms in total. The number of benzene rings is 1. The van der Waals surface area contributed by atoms with E-state index in [0.29, 0.717) is 6.54 Å². The molecule has 0 saturated carbocycles. The highest BCUT2D eigenvalue weighted by atomic mass is 35.5. The predicted octanol–water partition coefficient (Wildman–Crippen LogP) is 2.53. The minimum absolute atomic E-state index is 0.117. The Morgan fingerprint density at radius 2 is 2.32 bits per heavy atom. The summed E-state index contributed by atoms with van der Waals surface area (Å²) in [5.41, 5.74) is 7.33. The van der Waals surface area contributed by atoms with Crippen molar-refractivity contribution in [3.05, 3.63) is 34.9 Å². The lowest BCUT2D eigenvalue weighted by Crippen LogP contribution is -2.46. The molecule has 0 radical (unpaired) electrons. The summed E-state index contributed by atoms with van der Waals surface area (Å²) < 4.78 is 5.62. The van der Waals surface area contributed by atoms with Crippen molar-refractivity contribution in [3.63, 3.8) is 0 Å². The molecular weight excluding hydrogens is 260 g/mol. The molecule has 2 rings (SSSR count). The summed E-state index contributed by atoms with van der Waals surface area (Å²) in [5.74, 6) is 0. The highest BCUT2D eigenvalue weighted by Crippen LogP contribution is 2.28. The lowest BCUT2D eigenvalue weighted by atomic mass is 9.82. The maximum absolute atomic E-state index is 6.02. The molecular formula is C15H23ClN2O. The number of rotatable bonds is 5. The van der Waals surface area contributed by atoms with Crippen molar-refractivity contribution in [2.75, 3.05) is 33.4 Å². The van der Waals surface area contributed by atoms with E-state index in [9.17, 15) is 0 Å². The Morgan fingerprint density at radius 1 is 1.47 bits per heavy atom. The molecule has 1 fully saturated rings. The summed E-state index contributed by atoms with van der Waals surface area (Å²) >= 11 is 6.02. The minimum atomic E-state index is 0.117. The van der Waals surface area contributed by atoms with Crippen molar-refractivity contribution >= 4 is 11.6 Å².